The van der Waals surface area contributed by atoms with E-state index in [1.807, 2.05) is 6.07 Å². The molecule has 2 nitrogen and oxygen atoms in total. The number of halogens is 2. The van der Waals surface area contributed by atoms with Crippen molar-refractivity contribution in [3.63, 3.8) is 0 Å². The van der Waals surface area contributed by atoms with Crippen molar-refractivity contribution in [2.24, 2.45) is 0 Å². The average Bonchev–Trinajstić information content (AvgIpc) is 2.41. The second-order valence-corrected chi connectivity index (χ2v) is 5.44. The maximum atomic E-state index is 13.5. The van der Waals surface area contributed by atoms with E-state index in [-0.39, 0.29) is 11.9 Å². The lowest BCUT2D eigenvalue weighted by atomic mass is 10.1. The average molecular weight is 332 g/mol. The fourth-order valence-corrected chi connectivity index (χ4v) is 2.31. The molecule has 1 unspecified atom stereocenters. The van der Waals surface area contributed by atoms with Crippen LogP contribution < -0.4 is 5.32 Å². The van der Waals surface area contributed by atoms with E-state index in [4.69, 9.17) is 4.74 Å². The number of rotatable bonds is 9. The first-order chi connectivity index (χ1) is 9.19. The van der Waals surface area contributed by atoms with Crippen LogP contribution in [0.1, 0.15) is 32.3 Å². The molecular formula is C15H23BrFNO. The number of ether oxygens (including phenoxy) is 1. The molecule has 1 aromatic rings. The normalized spacial score (nSPS) is 12.6. The molecule has 1 atom stereocenters. The van der Waals surface area contributed by atoms with Gasteiger partial charge < -0.3 is 10.1 Å². The van der Waals surface area contributed by atoms with Crippen LogP contribution in [0.15, 0.2) is 22.7 Å². The Morgan fingerprint density at radius 3 is 2.79 bits per heavy atom. The Labute approximate surface area is 123 Å². The topological polar surface area (TPSA) is 21.3 Å². The van der Waals surface area contributed by atoms with Crippen LogP contribution in [0.4, 0.5) is 4.39 Å². The summed E-state index contributed by atoms with van der Waals surface area (Å²) in [7, 11) is 0. The molecule has 0 radical (unpaired) electrons. The second-order valence-electron chi connectivity index (χ2n) is 4.64. The lowest BCUT2D eigenvalue weighted by Crippen LogP contribution is -2.36. The number of benzene rings is 1. The van der Waals surface area contributed by atoms with Crippen LogP contribution in [0.5, 0.6) is 0 Å². The van der Waals surface area contributed by atoms with E-state index in [9.17, 15) is 4.39 Å². The zero-order valence-corrected chi connectivity index (χ0v) is 13.3. The quantitative estimate of drug-likeness (QED) is 0.692. The Hall–Kier alpha value is -0.450. The molecule has 0 bridgehead atoms. The number of nitrogens with one attached hydrogen (secondary N) is 1. The molecule has 0 aromatic heterocycles. The Balaban J connectivity index is 2.61. The third kappa shape index (κ3) is 6.02. The summed E-state index contributed by atoms with van der Waals surface area (Å²) in [5.74, 6) is -0.207. The van der Waals surface area contributed by atoms with Gasteiger partial charge in [0.15, 0.2) is 0 Å². The minimum absolute atomic E-state index is 0.207. The molecular weight excluding hydrogens is 309 g/mol. The maximum Gasteiger partial charge on any atom is 0.137 e. The molecule has 4 heteroatoms. The molecule has 0 heterocycles. The first-order valence-electron chi connectivity index (χ1n) is 6.93. The molecule has 0 saturated carbocycles. The molecule has 0 aliphatic carbocycles. The van der Waals surface area contributed by atoms with Gasteiger partial charge >= 0.3 is 0 Å². The van der Waals surface area contributed by atoms with E-state index in [1.54, 1.807) is 6.07 Å². The van der Waals surface area contributed by atoms with Crippen molar-refractivity contribution in [1.82, 2.24) is 5.32 Å². The SMILES string of the molecule is CCCNC(COCCC)Cc1cccc(F)c1Br. The molecule has 1 N–H and O–H groups in total. The van der Waals surface area contributed by atoms with Crippen molar-refractivity contribution in [3.05, 3.63) is 34.1 Å². The summed E-state index contributed by atoms with van der Waals surface area (Å²) < 4.78 is 19.7. The van der Waals surface area contributed by atoms with Gasteiger partial charge in [-0.2, -0.15) is 0 Å². The standard InChI is InChI=1S/C15H23BrFNO/c1-3-8-18-13(11-19-9-4-2)10-12-6-5-7-14(17)15(12)16/h5-7,13,18H,3-4,8-11H2,1-2H3. The highest BCUT2D eigenvalue weighted by Gasteiger charge is 2.13. The second kappa shape index (κ2) is 9.45. The van der Waals surface area contributed by atoms with Gasteiger partial charge in [-0.1, -0.05) is 26.0 Å². The molecule has 1 rings (SSSR count). The molecule has 0 aliphatic rings. The van der Waals surface area contributed by atoms with E-state index in [0.717, 1.165) is 38.0 Å². The van der Waals surface area contributed by atoms with Gasteiger partial charge in [0.1, 0.15) is 5.82 Å². The van der Waals surface area contributed by atoms with E-state index in [2.05, 4.69) is 35.1 Å². The Morgan fingerprint density at radius 1 is 1.32 bits per heavy atom. The molecule has 19 heavy (non-hydrogen) atoms. The van der Waals surface area contributed by atoms with Gasteiger partial charge in [-0.25, -0.2) is 4.39 Å². The van der Waals surface area contributed by atoms with Gasteiger partial charge in [0.25, 0.3) is 0 Å². The number of hydrogen-bond acceptors (Lipinski definition) is 2. The summed E-state index contributed by atoms with van der Waals surface area (Å²) >= 11 is 3.32. The molecule has 0 aliphatic heterocycles. The van der Waals surface area contributed by atoms with Crippen molar-refractivity contribution in [1.29, 1.82) is 0 Å². The van der Waals surface area contributed by atoms with Crippen LogP contribution >= 0.6 is 15.9 Å². The fraction of sp³-hybridized carbons (Fsp3) is 0.600. The van der Waals surface area contributed by atoms with Crippen LogP contribution in [0.2, 0.25) is 0 Å². The summed E-state index contributed by atoms with van der Waals surface area (Å²) in [4.78, 5) is 0. The van der Waals surface area contributed by atoms with Crippen molar-refractivity contribution in [3.8, 4) is 0 Å². The monoisotopic (exact) mass is 331 g/mol. The van der Waals surface area contributed by atoms with Gasteiger partial charge in [-0.3, -0.25) is 0 Å². The summed E-state index contributed by atoms with van der Waals surface area (Å²) in [5, 5.41) is 3.46. The Morgan fingerprint density at radius 2 is 2.11 bits per heavy atom. The summed E-state index contributed by atoms with van der Waals surface area (Å²) in [5.41, 5.74) is 0.980. The first kappa shape index (κ1) is 16.6. The largest absolute Gasteiger partial charge is 0.380 e. The van der Waals surface area contributed by atoms with Gasteiger partial charge in [-0.15, -0.1) is 0 Å². The smallest absolute Gasteiger partial charge is 0.137 e. The van der Waals surface area contributed by atoms with Crippen LogP contribution in [-0.2, 0) is 11.2 Å². The third-order valence-electron chi connectivity index (χ3n) is 2.85. The van der Waals surface area contributed by atoms with Crippen molar-refractivity contribution >= 4 is 15.9 Å². The fourth-order valence-electron chi connectivity index (χ4n) is 1.88. The highest BCUT2D eigenvalue weighted by atomic mass is 79.9. The van der Waals surface area contributed by atoms with Crippen molar-refractivity contribution in [2.45, 2.75) is 39.2 Å². The zero-order chi connectivity index (χ0) is 14.1. The maximum absolute atomic E-state index is 13.5. The molecule has 0 spiro atoms. The Kier molecular flexibility index (Phi) is 8.26. The molecule has 0 amide bonds. The summed E-state index contributed by atoms with van der Waals surface area (Å²) in [6.45, 7) is 6.62. The van der Waals surface area contributed by atoms with E-state index in [0.29, 0.717) is 11.1 Å². The van der Waals surface area contributed by atoms with Gasteiger partial charge in [0, 0.05) is 12.6 Å². The van der Waals surface area contributed by atoms with E-state index < -0.39 is 0 Å². The molecule has 108 valence electrons. The van der Waals surface area contributed by atoms with Gasteiger partial charge in [0.2, 0.25) is 0 Å². The zero-order valence-electron chi connectivity index (χ0n) is 11.7. The third-order valence-corrected chi connectivity index (χ3v) is 3.74. The lowest BCUT2D eigenvalue weighted by Gasteiger charge is -2.19. The number of hydrogen-bond donors (Lipinski definition) is 1. The van der Waals surface area contributed by atoms with Crippen LogP contribution in [0.3, 0.4) is 0 Å². The highest BCUT2D eigenvalue weighted by Crippen LogP contribution is 2.21. The predicted molar refractivity (Wildman–Crippen MR) is 81.0 cm³/mol. The highest BCUT2D eigenvalue weighted by molar-refractivity contribution is 9.10. The van der Waals surface area contributed by atoms with E-state index >= 15 is 0 Å². The van der Waals surface area contributed by atoms with Crippen molar-refractivity contribution < 1.29 is 9.13 Å². The van der Waals surface area contributed by atoms with Gasteiger partial charge in [-0.05, 0) is 53.4 Å². The molecule has 0 saturated heterocycles. The lowest BCUT2D eigenvalue weighted by molar-refractivity contribution is 0.111. The van der Waals surface area contributed by atoms with Crippen LogP contribution in [0.25, 0.3) is 0 Å². The first-order valence-corrected chi connectivity index (χ1v) is 7.72. The van der Waals surface area contributed by atoms with Crippen molar-refractivity contribution in [2.75, 3.05) is 19.8 Å². The van der Waals surface area contributed by atoms with E-state index in [1.165, 1.54) is 6.07 Å². The minimum atomic E-state index is -0.207. The molecule has 1 aromatic carbocycles. The Bertz CT molecular complexity index is 373. The minimum Gasteiger partial charge on any atom is -0.380 e. The van der Waals surface area contributed by atoms with Crippen LogP contribution in [-0.4, -0.2) is 25.8 Å². The summed E-state index contributed by atoms with van der Waals surface area (Å²) in [6, 6.07) is 5.40. The summed E-state index contributed by atoms with van der Waals surface area (Å²) in [6.07, 6.45) is 2.86. The van der Waals surface area contributed by atoms with Crippen LogP contribution in [0, 0.1) is 5.82 Å². The molecule has 0 fully saturated rings. The predicted octanol–water partition coefficient (Wildman–Crippen LogP) is 3.93. The van der Waals surface area contributed by atoms with Gasteiger partial charge in [0.05, 0.1) is 11.1 Å².